The number of nitrogens with zero attached hydrogens (tertiary/aromatic N) is 4. The molecule has 2 atom stereocenters. The summed E-state index contributed by atoms with van der Waals surface area (Å²) in [6, 6.07) is 0.256. The molecule has 2 aromatic heterocycles. The maximum Gasteiger partial charge on any atom is 0.230 e. The predicted octanol–water partition coefficient (Wildman–Crippen LogP) is 1.54. The highest BCUT2D eigenvalue weighted by Crippen LogP contribution is 2.33. The summed E-state index contributed by atoms with van der Waals surface area (Å²) in [5, 5.41) is 3.93. The molecule has 0 aliphatic heterocycles. The van der Waals surface area contributed by atoms with E-state index in [1.54, 1.807) is 18.6 Å². The van der Waals surface area contributed by atoms with Gasteiger partial charge in [0.2, 0.25) is 11.7 Å². The number of aromatic nitrogens is 4. The molecule has 1 aliphatic rings. The van der Waals surface area contributed by atoms with E-state index in [4.69, 9.17) is 10.3 Å². The number of hydrogen-bond donors (Lipinski definition) is 1. The highest BCUT2D eigenvalue weighted by Gasteiger charge is 2.28. The van der Waals surface area contributed by atoms with Crippen molar-refractivity contribution in [1.82, 2.24) is 20.1 Å². The summed E-state index contributed by atoms with van der Waals surface area (Å²) >= 11 is 0. The Hall–Kier alpha value is -1.53. The van der Waals surface area contributed by atoms with Gasteiger partial charge in [-0.2, -0.15) is 4.98 Å². The molecular weight excluding hydrogens is 254 g/mol. The van der Waals surface area contributed by atoms with E-state index in [1.165, 1.54) is 0 Å². The van der Waals surface area contributed by atoms with E-state index >= 15 is 0 Å². The second-order valence-electron chi connectivity index (χ2n) is 4.32. The molecule has 2 unspecified atom stereocenters. The van der Waals surface area contributed by atoms with Crippen molar-refractivity contribution in [3.8, 4) is 11.5 Å². The van der Waals surface area contributed by atoms with E-state index in [0.29, 0.717) is 23.3 Å². The molecule has 0 amide bonds. The van der Waals surface area contributed by atoms with Gasteiger partial charge in [0.25, 0.3) is 0 Å². The van der Waals surface area contributed by atoms with Crippen molar-refractivity contribution in [1.29, 1.82) is 0 Å². The third-order valence-corrected chi connectivity index (χ3v) is 3.06. The van der Waals surface area contributed by atoms with Crippen LogP contribution in [0.1, 0.15) is 31.1 Å². The van der Waals surface area contributed by atoms with Crippen molar-refractivity contribution in [2.45, 2.75) is 31.2 Å². The van der Waals surface area contributed by atoms with Gasteiger partial charge >= 0.3 is 0 Å². The van der Waals surface area contributed by atoms with Crippen molar-refractivity contribution < 1.29 is 4.52 Å². The summed E-state index contributed by atoms with van der Waals surface area (Å²) in [4.78, 5) is 12.5. The van der Waals surface area contributed by atoms with E-state index in [1.807, 2.05) is 0 Å². The molecule has 0 aromatic carbocycles. The Morgan fingerprint density at radius 3 is 2.83 bits per heavy atom. The molecule has 1 aliphatic carbocycles. The first kappa shape index (κ1) is 12.9. The average molecular weight is 268 g/mol. The minimum Gasteiger partial charge on any atom is -0.339 e. The fourth-order valence-electron chi connectivity index (χ4n) is 2.16. The van der Waals surface area contributed by atoms with E-state index in [9.17, 15) is 0 Å². The SMILES string of the molecule is Cl.NC1CCC(c2nc(-c3cnccn3)no2)C1. The molecule has 0 bridgehead atoms. The van der Waals surface area contributed by atoms with Crippen LogP contribution < -0.4 is 5.73 Å². The summed E-state index contributed by atoms with van der Waals surface area (Å²) in [6.45, 7) is 0. The van der Waals surface area contributed by atoms with E-state index in [0.717, 1.165) is 19.3 Å². The molecule has 3 rings (SSSR count). The molecule has 1 saturated carbocycles. The third-order valence-electron chi connectivity index (χ3n) is 3.06. The zero-order chi connectivity index (χ0) is 11.7. The largest absolute Gasteiger partial charge is 0.339 e. The third kappa shape index (κ3) is 2.49. The lowest BCUT2D eigenvalue weighted by Crippen LogP contribution is -2.14. The first-order chi connectivity index (χ1) is 8.33. The van der Waals surface area contributed by atoms with Crippen LogP contribution in [0.5, 0.6) is 0 Å². The molecular formula is C11H14ClN5O. The Labute approximate surface area is 110 Å². The molecule has 1 fully saturated rings. The van der Waals surface area contributed by atoms with Gasteiger partial charge in [0.05, 0.1) is 6.20 Å². The summed E-state index contributed by atoms with van der Waals surface area (Å²) in [5.74, 6) is 1.45. The van der Waals surface area contributed by atoms with E-state index < -0.39 is 0 Å². The van der Waals surface area contributed by atoms with Crippen molar-refractivity contribution >= 4 is 12.4 Å². The standard InChI is InChI=1S/C11H13N5O.ClH/c12-8-2-1-7(5-8)11-15-10(16-17-11)9-6-13-3-4-14-9;/h3-4,6-8H,1-2,5,12H2;1H. The van der Waals surface area contributed by atoms with Crippen LogP contribution in [-0.4, -0.2) is 26.2 Å². The van der Waals surface area contributed by atoms with Crippen LogP contribution in [0.15, 0.2) is 23.1 Å². The predicted molar refractivity (Wildman–Crippen MR) is 67.1 cm³/mol. The maximum atomic E-state index is 5.87. The monoisotopic (exact) mass is 267 g/mol. The first-order valence-electron chi connectivity index (χ1n) is 5.68. The Balaban J connectivity index is 0.00000120. The summed E-state index contributed by atoms with van der Waals surface area (Å²) < 4.78 is 5.27. The summed E-state index contributed by atoms with van der Waals surface area (Å²) in [7, 11) is 0. The van der Waals surface area contributed by atoms with Crippen LogP contribution in [0.25, 0.3) is 11.5 Å². The summed E-state index contributed by atoms with van der Waals surface area (Å²) in [6.07, 6.45) is 7.80. The van der Waals surface area contributed by atoms with Gasteiger partial charge in [-0.3, -0.25) is 4.98 Å². The molecule has 0 radical (unpaired) electrons. The fraction of sp³-hybridized carbons (Fsp3) is 0.455. The quantitative estimate of drug-likeness (QED) is 0.888. The van der Waals surface area contributed by atoms with E-state index in [-0.39, 0.29) is 18.4 Å². The van der Waals surface area contributed by atoms with Crippen molar-refractivity contribution in [3.05, 3.63) is 24.5 Å². The molecule has 96 valence electrons. The van der Waals surface area contributed by atoms with Gasteiger partial charge in [-0.1, -0.05) is 5.16 Å². The highest BCUT2D eigenvalue weighted by molar-refractivity contribution is 5.85. The molecule has 0 spiro atoms. The van der Waals surface area contributed by atoms with Crippen molar-refractivity contribution in [3.63, 3.8) is 0 Å². The Bertz CT molecular complexity index is 503. The van der Waals surface area contributed by atoms with Crippen LogP contribution in [-0.2, 0) is 0 Å². The smallest absolute Gasteiger partial charge is 0.230 e. The van der Waals surface area contributed by atoms with Crippen LogP contribution in [0.2, 0.25) is 0 Å². The van der Waals surface area contributed by atoms with E-state index in [2.05, 4.69) is 20.1 Å². The maximum absolute atomic E-state index is 5.87. The Morgan fingerprint density at radius 2 is 2.17 bits per heavy atom. The van der Waals surface area contributed by atoms with Crippen molar-refractivity contribution in [2.24, 2.45) is 5.73 Å². The molecule has 0 saturated heterocycles. The molecule has 18 heavy (non-hydrogen) atoms. The normalized spacial score (nSPS) is 22.7. The molecule has 2 heterocycles. The fourth-order valence-corrected chi connectivity index (χ4v) is 2.16. The van der Waals surface area contributed by atoms with Crippen LogP contribution in [0, 0.1) is 0 Å². The van der Waals surface area contributed by atoms with Gasteiger partial charge in [-0.25, -0.2) is 4.98 Å². The van der Waals surface area contributed by atoms with Gasteiger partial charge in [0, 0.05) is 24.4 Å². The number of rotatable bonds is 2. The number of nitrogens with two attached hydrogens (primary N) is 1. The zero-order valence-electron chi connectivity index (χ0n) is 9.69. The first-order valence-corrected chi connectivity index (χ1v) is 5.68. The zero-order valence-corrected chi connectivity index (χ0v) is 10.5. The number of hydrogen-bond acceptors (Lipinski definition) is 6. The lowest BCUT2D eigenvalue weighted by atomic mass is 10.1. The Morgan fingerprint density at radius 1 is 1.28 bits per heavy atom. The van der Waals surface area contributed by atoms with Crippen LogP contribution in [0.4, 0.5) is 0 Å². The molecule has 2 aromatic rings. The minimum absolute atomic E-state index is 0. The lowest BCUT2D eigenvalue weighted by Gasteiger charge is -2.01. The Kier molecular flexibility index (Phi) is 3.88. The average Bonchev–Trinajstić information content (AvgIpc) is 2.98. The highest BCUT2D eigenvalue weighted by atomic mass is 35.5. The number of halogens is 1. The van der Waals surface area contributed by atoms with Gasteiger partial charge in [-0.15, -0.1) is 12.4 Å². The molecule has 2 N–H and O–H groups in total. The second kappa shape index (κ2) is 5.41. The summed E-state index contributed by atoms with van der Waals surface area (Å²) in [5.41, 5.74) is 6.50. The van der Waals surface area contributed by atoms with Gasteiger partial charge in [-0.05, 0) is 19.3 Å². The lowest BCUT2D eigenvalue weighted by molar-refractivity contribution is 0.353. The minimum atomic E-state index is 0. The van der Waals surface area contributed by atoms with Gasteiger partial charge < -0.3 is 10.3 Å². The van der Waals surface area contributed by atoms with Crippen molar-refractivity contribution in [2.75, 3.05) is 0 Å². The van der Waals surface area contributed by atoms with Gasteiger partial charge in [0.1, 0.15) is 5.69 Å². The topological polar surface area (TPSA) is 90.7 Å². The van der Waals surface area contributed by atoms with Gasteiger partial charge in [0.15, 0.2) is 0 Å². The van der Waals surface area contributed by atoms with Crippen LogP contribution in [0.3, 0.4) is 0 Å². The molecule has 6 nitrogen and oxygen atoms in total. The second-order valence-corrected chi connectivity index (χ2v) is 4.32. The molecule has 7 heteroatoms. The van der Waals surface area contributed by atoms with Crippen LogP contribution >= 0.6 is 12.4 Å².